The highest BCUT2D eigenvalue weighted by Gasteiger charge is 2.08. The van der Waals surface area contributed by atoms with Gasteiger partial charge in [-0.1, -0.05) is 17.7 Å². The number of aromatic nitrogens is 2. The molecule has 5 heteroatoms. The number of nitrogens with zero attached hydrogens (tertiary/aromatic N) is 2. The van der Waals surface area contributed by atoms with Crippen molar-refractivity contribution in [3.05, 3.63) is 28.5 Å². The van der Waals surface area contributed by atoms with E-state index < -0.39 is 0 Å². The largest absolute Gasteiger partial charge is 0.224 e. The summed E-state index contributed by atoms with van der Waals surface area (Å²) in [6.45, 7) is 0. The lowest BCUT2D eigenvalue weighted by molar-refractivity contribution is 1.25. The number of hydrogen-bond donors (Lipinski definition) is 0. The van der Waals surface area contributed by atoms with Crippen LogP contribution < -0.4 is 0 Å². The summed E-state index contributed by atoms with van der Waals surface area (Å²) in [5.41, 5.74) is 1.34. The van der Waals surface area contributed by atoms with Crippen LogP contribution in [0.5, 0.6) is 0 Å². The lowest BCUT2D eigenvalue weighted by Gasteiger charge is -1.91. The second-order valence-electron chi connectivity index (χ2n) is 2.27. The third kappa shape index (κ3) is 1.07. The third-order valence-electron chi connectivity index (χ3n) is 1.54. The molecule has 0 aliphatic rings. The number of rotatable bonds is 0. The highest BCUT2D eigenvalue weighted by molar-refractivity contribution is 6.37. The quantitative estimate of drug-likeness (QED) is 0.667. The van der Waals surface area contributed by atoms with Crippen LogP contribution in [0, 0.1) is 0 Å². The Bertz CT molecular complexity index is 435. The molecule has 1 heterocycles. The van der Waals surface area contributed by atoms with E-state index in [0.29, 0.717) is 16.1 Å². The highest BCUT2D eigenvalue weighted by atomic mass is 35.5. The van der Waals surface area contributed by atoms with Crippen molar-refractivity contribution in [1.82, 2.24) is 9.07 Å². The molecular formula is C7H3Cl3N2. The Morgan fingerprint density at radius 1 is 1.25 bits per heavy atom. The molecule has 12 heavy (non-hydrogen) atoms. The van der Waals surface area contributed by atoms with Crippen molar-refractivity contribution in [2.24, 2.45) is 0 Å². The van der Waals surface area contributed by atoms with Crippen LogP contribution in [-0.4, -0.2) is 9.07 Å². The van der Waals surface area contributed by atoms with Crippen LogP contribution in [0.3, 0.4) is 0 Å². The summed E-state index contributed by atoms with van der Waals surface area (Å²) in [5, 5.41) is 0.772. The van der Waals surface area contributed by atoms with E-state index in [2.05, 4.69) is 4.98 Å². The second kappa shape index (κ2) is 2.80. The van der Waals surface area contributed by atoms with Crippen LogP contribution in [0.25, 0.3) is 11.0 Å². The van der Waals surface area contributed by atoms with Crippen LogP contribution in [-0.2, 0) is 0 Å². The van der Waals surface area contributed by atoms with Gasteiger partial charge in [0.05, 0.1) is 10.5 Å². The van der Waals surface area contributed by atoms with Crippen molar-refractivity contribution >= 4 is 46.0 Å². The van der Waals surface area contributed by atoms with Crippen LogP contribution in [0.1, 0.15) is 0 Å². The molecule has 1 aromatic carbocycles. The van der Waals surface area contributed by atoms with Gasteiger partial charge in [-0.05, 0) is 23.7 Å². The number of benzene rings is 1. The summed E-state index contributed by atoms with van der Waals surface area (Å²) in [6, 6.07) is 5.33. The number of hydrogen-bond acceptors (Lipinski definition) is 1. The molecule has 0 bridgehead atoms. The Kier molecular flexibility index (Phi) is 1.91. The first-order valence-electron chi connectivity index (χ1n) is 3.19. The molecular weight excluding hydrogens is 218 g/mol. The van der Waals surface area contributed by atoms with Crippen molar-refractivity contribution in [2.45, 2.75) is 0 Å². The first-order valence-corrected chi connectivity index (χ1v) is 4.28. The van der Waals surface area contributed by atoms with Crippen LogP contribution in [0.2, 0.25) is 10.3 Å². The average molecular weight is 221 g/mol. The fourth-order valence-corrected chi connectivity index (χ4v) is 1.57. The van der Waals surface area contributed by atoms with Gasteiger partial charge < -0.3 is 0 Å². The lowest BCUT2D eigenvalue weighted by atomic mass is 10.3. The maximum atomic E-state index is 5.85. The molecule has 2 rings (SSSR count). The predicted octanol–water partition coefficient (Wildman–Crippen LogP) is 3.35. The molecule has 62 valence electrons. The third-order valence-corrected chi connectivity index (χ3v) is 2.53. The Morgan fingerprint density at radius 2 is 2.00 bits per heavy atom. The zero-order chi connectivity index (χ0) is 8.72. The minimum Gasteiger partial charge on any atom is -0.224 e. The van der Waals surface area contributed by atoms with E-state index in [0.717, 1.165) is 0 Å². The maximum Gasteiger partial charge on any atom is 0.218 e. The summed E-state index contributed by atoms with van der Waals surface area (Å²) < 4.78 is 1.27. The van der Waals surface area contributed by atoms with Crippen molar-refractivity contribution in [3.63, 3.8) is 0 Å². The van der Waals surface area contributed by atoms with Gasteiger partial charge in [-0.25, -0.2) is 9.07 Å². The first kappa shape index (κ1) is 8.17. The molecule has 0 saturated heterocycles. The van der Waals surface area contributed by atoms with Crippen molar-refractivity contribution < 1.29 is 0 Å². The van der Waals surface area contributed by atoms with E-state index in [1.807, 2.05) is 0 Å². The van der Waals surface area contributed by atoms with Crippen molar-refractivity contribution in [3.8, 4) is 0 Å². The zero-order valence-corrected chi connectivity index (χ0v) is 8.03. The van der Waals surface area contributed by atoms with E-state index in [-0.39, 0.29) is 5.28 Å². The maximum absolute atomic E-state index is 5.85. The molecule has 0 atom stereocenters. The molecule has 0 saturated carbocycles. The van der Waals surface area contributed by atoms with Gasteiger partial charge in [0.25, 0.3) is 0 Å². The number of halogens is 3. The summed E-state index contributed by atoms with van der Waals surface area (Å²) in [6.07, 6.45) is 0. The van der Waals surface area contributed by atoms with Crippen molar-refractivity contribution in [2.75, 3.05) is 0 Å². The van der Waals surface area contributed by atoms with Gasteiger partial charge in [-0.2, -0.15) is 0 Å². The van der Waals surface area contributed by atoms with E-state index >= 15 is 0 Å². The Balaban J connectivity index is 2.95. The van der Waals surface area contributed by atoms with Crippen molar-refractivity contribution in [1.29, 1.82) is 0 Å². The first-order chi connectivity index (χ1) is 5.70. The smallest absolute Gasteiger partial charge is 0.218 e. The van der Waals surface area contributed by atoms with E-state index in [4.69, 9.17) is 35.0 Å². The molecule has 2 aromatic rings. The summed E-state index contributed by atoms with van der Waals surface area (Å²) in [5.74, 6) is 0. The Morgan fingerprint density at radius 3 is 2.67 bits per heavy atom. The number of para-hydroxylation sites is 1. The lowest BCUT2D eigenvalue weighted by Crippen LogP contribution is -1.77. The van der Waals surface area contributed by atoms with Gasteiger partial charge in [0, 0.05) is 11.8 Å². The minimum absolute atomic E-state index is 0.222. The van der Waals surface area contributed by atoms with Crippen LogP contribution in [0.15, 0.2) is 18.2 Å². The fourth-order valence-electron chi connectivity index (χ4n) is 1.01. The zero-order valence-electron chi connectivity index (χ0n) is 5.76. The molecule has 2 nitrogen and oxygen atoms in total. The van der Waals surface area contributed by atoms with E-state index in [9.17, 15) is 0 Å². The molecule has 0 unspecified atom stereocenters. The van der Waals surface area contributed by atoms with Gasteiger partial charge >= 0.3 is 0 Å². The van der Waals surface area contributed by atoms with E-state index in [1.54, 1.807) is 18.2 Å². The summed E-state index contributed by atoms with van der Waals surface area (Å²) in [4.78, 5) is 3.98. The average Bonchev–Trinajstić information content (AvgIpc) is 2.32. The molecule has 0 amide bonds. The molecule has 1 aromatic heterocycles. The number of imidazole rings is 1. The van der Waals surface area contributed by atoms with Crippen LogP contribution in [0.4, 0.5) is 0 Å². The SMILES string of the molecule is Clc1cccc2c1nc(Cl)n2Cl. The van der Waals surface area contributed by atoms with Gasteiger partial charge in [-0.15, -0.1) is 0 Å². The Labute approximate surface area is 83.8 Å². The van der Waals surface area contributed by atoms with Gasteiger partial charge in [0.15, 0.2) is 0 Å². The van der Waals surface area contributed by atoms with Gasteiger partial charge in [0.1, 0.15) is 5.52 Å². The van der Waals surface area contributed by atoms with Gasteiger partial charge in [0.2, 0.25) is 5.28 Å². The molecule has 0 aliphatic carbocycles. The molecule has 0 N–H and O–H groups in total. The topological polar surface area (TPSA) is 17.8 Å². The highest BCUT2D eigenvalue weighted by Crippen LogP contribution is 2.26. The molecule has 0 spiro atoms. The summed E-state index contributed by atoms with van der Waals surface area (Å²) >= 11 is 17.3. The second-order valence-corrected chi connectivity index (χ2v) is 3.35. The Hall–Kier alpha value is -0.440. The van der Waals surface area contributed by atoms with Gasteiger partial charge in [-0.3, -0.25) is 0 Å². The molecule has 0 radical (unpaired) electrons. The number of fused-ring (bicyclic) bond motifs is 1. The molecule has 0 fully saturated rings. The monoisotopic (exact) mass is 220 g/mol. The summed E-state index contributed by atoms with van der Waals surface area (Å²) in [7, 11) is 0. The normalized spacial score (nSPS) is 10.9. The fraction of sp³-hybridized carbons (Fsp3) is 0. The van der Waals surface area contributed by atoms with E-state index in [1.165, 1.54) is 4.09 Å². The van der Waals surface area contributed by atoms with Crippen LogP contribution >= 0.6 is 35.0 Å². The predicted molar refractivity (Wildman–Crippen MR) is 51.0 cm³/mol. The minimum atomic E-state index is 0.222. The standard InChI is InChI=1S/C7H3Cl3N2/c8-4-2-1-3-5-6(4)11-7(9)12(5)10/h1-3H. The molecule has 0 aliphatic heterocycles.